The monoisotopic (exact) mass is 437 g/mol. The van der Waals surface area contributed by atoms with Crippen molar-refractivity contribution in [2.45, 2.75) is 0 Å². The van der Waals surface area contributed by atoms with Crippen LogP contribution < -0.4 is 9.64 Å². The van der Waals surface area contributed by atoms with Crippen LogP contribution in [0.3, 0.4) is 0 Å². The number of hydrogen-bond donors (Lipinski definition) is 0. The molecule has 6 aromatic rings. The van der Waals surface area contributed by atoms with Crippen molar-refractivity contribution in [3.05, 3.63) is 115 Å². The Bertz CT molecular complexity index is 1650. The standard InChI is InChI=1S/C30H19N3O/c1-2-11-21(12-3-1)28-23-19-18-20-10-4-5-13-22(20)29(23)32-30(31-28)33-24-14-6-8-16-26(24)34-27-17-9-7-15-25(27)33/h1-19H. The molecule has 4 heteroatoms. The first-order chi connectivity index (χ1) is 16.9. The average molecular weight is 438 g/mol. The van der Waals surface area contributed by atoms with Crippen molar-refractivity contribution in [2.75, 3.05) is 4.90 Å². The average Bonchev–Trinajstić information content (AvgIpc) is 2.91. The summed E-state index contributed by atoms with van der Waals surface area (Å²) in [5, 5.41) is 3.29. The molecule has 0 spiro atoms. The molecule has 0 aliphatic carbocycles. The van der Waals surface area contributed by atoms with Crippen LogP contribution in [0.2, 0.25) is 0 Å². The zero-order chi connectivity index (χ0) is 22.5. The lowest BCUT2D eigenvalue weighted by atomic mass is 10.0. The molecule has 160 valence electrons. The molecule has 0 unspecified atom stereocenters. The van der Waals surface area contributed by atoms with E-state index in [-0.39, 0.29) is 0 Å². The van der Waals surface area contributed by atoms with Gasteiger partial charge in [-0.2, -0.15) is 0 Å². The topological polar surface area (TPSA) is 38.2 Å². The first-order valence-corrected chi connectivity index (χ1v) is 11.3. The summed E-state index contributed by atoms with van der Waals surface area (Å²) in [5.41, 5.74) is 4.73. The third-order valence-electron chi connectivity index (χ3n) is 6.26. The second kappa shape index (κ2) is 7.42. The third kappa shape index (κ3) is 2.86. The summed E-state index contributed by atoms with van der Waals surface area (Å²) in [5.74, 6) is 2.18. The number of para-hydroxylation sites is 4. The van der Waals surface area contributed by atoms with Gasteiger partial charge in [-0.3, -0.25) is 4.90 Å². The van der Waals surface area contributed by atoms with E-state index < -0.39 is 0 Å². The summed E-state index contributed by atoms with van der Waals surface area (Å²) in [7, 11) is 0. The lowest BCUT2D eigenvalue weighted by molar-refractivity contribution is 0.476. The summed E-state index contributed by atoms with van der Waals surface area (Å²) in [6.07, 6.45) is 0. The van der Waals surface area contributed by atoms with Crippen LogP contribution in [0.4, 0.5) is 17.3 Å². The van der Waals surface area contributed by atoms with Crippen molar-refractivity contribution in [2.24, 2.45) is 0 Å². The molecule has 0 N–H and O–H groups in total. The van der Waals surface area contributed by atoms with Crippen LogP contribution in [0.25, 0.3) is 32.9 Å². The van der Waals surface area contributed by atoms with Crippen molar-refractivity contribution in [3.8, 4) is 22.8 Å². The normalized spacial score (nSPS) is 12.3. The van der Waals surface area contributed by atoms with Crippen LogP contribution in [0.1, 0.15) is 0 Å². The Kier molecular flexibility index (Phi) is 4.11. The maximum absolute atomic E-state index is 6.20. The summed E-state index contributed by atoms with van der Waals surface area (Å²) in [4.78, 5) is 12.4. The minimum Gasteiger partial charge on any atom is -0.453 e. The highest BCUT2D eigenvalue weighted by molar-refractivity contribution is 6.09. The fourth-order valence-corrected chi connectivity index (χ4v) is 4.69. The van der Waals surface area contributed by atoms with Crippen molar-refractivity contribution < 1.29 is 4.74 Å². The number of rotatable bonds is 2. The Morgan fingerprint density at radius 1 is 0.529 bits per heavy atom. The van der Waals surface area contributed by atoms with Gasteiger partial charge in [-0.15, -0.1) is 0 Å². The molecule has 1 aromatic heterocycles. The molecule has 0 bridgehead atoms. The van der Waals surface area contributed by atoms with E-state index in [0.29, 0.717) is 5.95 Å². The van der Waals surface area contributed by atoms with Crippen LogP contribution in [-0.2, 0) is 0 Å². The van der Waals surface area contributed by atoms with Gasteiger partial charge < -0.3 is 4.74 Å². The van der Waals surface area contributed by atoms with Crippen molar-refractivity contribution >= 4 is 39.0 Å². The Balaban J connectivity index is 1.59. The lowest BCUT2D eigenvalue weighted by Crippen LogP contribution is -2.18. The van der Waals surface area contributed by atoms with Gasteiger partial charge in [0, 0.05) is 16.3 Å². The SMILES string of the molecule is c1ccc(-c2nc(N3c4ccccc4Oc4ccccc43)nc3c2ccc2ccccc23)cc1. The van der Waals surface area contributed by atoms with Crippen LogP contribution >= 0.6 is 0 Å². The first kappa shape index (κ1) is 18.8. The maximum atomic E-state index is 6.20. The minimum atomic E-state index is 0.617. The highest BCUT2D eigenvalue weighted by Gasteiger charge is 2.28. The van der Waals surface area contributed by atoms with Gasteiger partial charge in [0.05, 0.1) is 22.6 Å². The Hall–Kier alpha value is -4.70. The molecule has 2 heterocycles. The molecule has 34 heavy (non-hydrogen) atoms. The van der Waals surface area contributed by atoms with Crippen molar-refractivity contribution in [3.63, 3.8) is 0 Å². The summed E-state index contributed by atoms with van der Waals surface area (Å²) >= 11 is 0. The van der Waals surface area contributed by atoms with Gasteiger partial charge in [0.2, 0.25) is 5.95 Å². The van der Waals surface area contributed by atoms with Gasteiger partial charge in [0.15, 0.2) is 11.5 Å². The second-order valence-electron chi connectivity index (χ2n) is 8.29. The lowest BCUT2D eigenvalue weighted by Gasteiger charge is -2.31. The van der Waals surface area contributed by atoms with Crippen LogP contribution in [-0.4, -0.2) is 9.97 Å². The highest BCUT2D eigenvalue weighted by Crippen LogP contribution is 2.49. The molecule has 0 radical (unpaired) electrons. The number of benzene rings is 5. The van der Waals surface area contributed by atoms with E-state index in [1.807, 2.05) is 66.7 Å². The van der Waals surface area contributed by atoms with Gasteiger partial charge in [-0.1, -0.05) is 84.9 Å². The van der Waals surface area contributed by atoms with Gasteiger partial charge in [-0.25, -0.2) is 9.97 Å². The van der Waals surface area contributed by atoms with Gasteiger partial charge >= 0.3 is 0 Å². The summed E-state index contributed by atoms with van der Waals surface area (Å²) in [6.45, 7) is 0. The van der Waals surface area contributed by atoms with Crippen molar-refractivity contribution in [1.82, 2.24) is 9.97 Å². The van der Waals surface area contributed by atoms with E-state index in [0.717, 1.165) is 55.8 Å². The first-order valence-electron chi connectivity index (χ1n) is 11.3. The quantitative estimate of drug-likeness (QED) is 0.257. The van der Waals surface area contributed by atoms with E-state index >= 15 is 0 Å². The summed E-state index contributed by atoms with van der Waals surface area (Å²) < 4.78 is 6.20. The summed E-state index contributed by atoms with van der Waals surface area (Å²) in [6, 6.07) is 39.0. The fraction of sp³-hybridized carbons (Fsp3) is 0. The molecule has 0 fully saturated rings. The van der Waals surface area contributed by atoms with E-state index in [2.05, 4.69) is 53.4 Å². The number of nitrogens with zero attached hydrogens (tertiary/aromatic N) is 3. The van der Waals surface area contributed by atoms with E-state index in [4.69, 9.17) is 14.7 Å². The van der Waals surface area contributed by atoms with Crippen LogP contribution in [0.15, 0.2) is 115 Å². The number of hydrogen-bond acceptors (Lipinski definition) is 4. The molecule has 0 atom stereocenters. The van der Waals surface area contributed by atoms with E-state index in [1.165, 1.54) is 0 Å². The minimum absolute atomic E-state index is 0.617. The molecule has 5 aromatic carbocycles. The zero-order valence-electron chi connectivity index (χ0n) is 18.2. The molecular formula is C30H19N3O. The van der Waals surface area contributed by atoms with Crippen molar-refractivity contribution in [1.29, 1.82) is 0 Å². The van der Waals surface area contributed by atoms with Crippen LogP contribution in [0.5, 0.6) is 11.5 Å². The number of anilines is 3. The number of aromatic nitrogens is 2. The van der Waals surface area contributed by atoms with E-state index in [9.17, 15) is 0 Å². The van der Waals surface area contributed by atoms with Crippen LogP contribution in [0, 0.1) is 0 Å². The Morgan fingerprint density at radius 3 is 1.94 bits per heavy atom. The highest BCUT2D eigenvalue weighted by atomic mass is 16.5. The largest absolute Gasteiger partial charge is 0.453 e. The predicted molar refractivity (Wildman–Crippen MR) is 137 cm³/mol. The Morgan fingerprint density at radius 2 is 1.18 bits per heavy atom. The van der Waals surface area contributed by atoms with E-state index in [1.54, 1.807) is 0 Å². The molecule has 7 rings (SSSR count). The number of fused-ring (bicyclic) bond motifs is 5. The molecule has 0 amide bonds. The molecule has 1 aliphatic rings. The number of ether oxygens (including phenoxy) is 1. The Labute approximate surface area is 196 Å². The van der Waals surface area contributed by atoms with Gasteiger partial charge in [0.25, 0.3) is 0 Å². The molecule has 0 saturated heterocycles. The molecular weight excluding hydrogens is 418 g/mol. The second-order valence-corrected chi connectivity index (χ2v) is 8.29. The molecule has 1 aliphatic heterocycles. The third-order valence-corrected chi connectivity index (χ3v) is 6.26. The molecule has 0 saturated carbocycles. The zero-order valence-corrected chi connectivity index (χ0v) is 18.2. The van der Waals surface area contributed by atoms with Gasteiger partial charge in [-0.05, 0) is 35.7 Å². The maximum Gasteiger partial charge on any atom is 0.236 e. The van der Waals surface area contributed by atoms with Gasteiger partial charge in [0.1, 0.15) is 0 Å². The fourth-order valence-electron chi connectivity index (χ4n) is 4.69. The predicted octanol–water partition coefficient (Wildman–Crippen LogP) is 8.03. The smallest absolute Gasteiger partial charge is 0.236 e. The molecule has 4 nitrogen and oxygen atoms in total.